The van der Waals surface area contributed by atoms with Crippen LogP contribution < -0.4 is 20.1 Å². The lowest BCUT2D eigenvalue weighted by Crippen LogP contribution is -2.31. The van der Waals surface area contributed by atoms with Crippen LogP contribution in [0.4, 0.5) is 11.6 Å². The van der Waals surface area contributed by atoms with Gasteiger partial charge < -0.3 is 24.5 Å². The number of fused-ring (bicyclic) bond motifs is 1. The number of para-hydroxylation sites is 1. The number of nitrogens with one attached hydrogen (secondary N) is 2. The Balaban J connectivity index is 1.58. The third-order valence-electron chi connectivity index (χ3n) is 5.80. The van der Waals surface area contributed by atoms with E-state index in [0.717, 1.165) is 11.3 Å². The second-order valence-corrected chi connectivity index (χ2v) is 8.11. The fourth-order valence-corrected chi connectivity index (χ4v) is 4.13. The van der Waals surface area contributed by atoms with Crippen molar-refractivity contribution >= 4 is 17.5 Å². The SMILES string of the molecule is COc1ccc(-c2nc3n(n2)C(c2ccc(C)o2)C(C(=O)Nc2ccccc2)=C(C)N3)cc1OC. The Morgan fingerprint density at radius 2 is 1.80 bits per heavy atom. The maximum absolute atomic E-state index is 13.5. The van der Waals surface area contributed by atoms with Crippen LogP contribution in [0.25, 0.3) is 11.4 Å². The Morgan fingerprint density at radius 3 is 2.49 bits per heavy atom. The molecule has 0 radical (unpaired) electrons. The molecule has 1 aliphatic heterocycles. The highest BCUT2D eigenvalue weighted by Crippen LogP contribution is 2.38. The van der Waals surface area contributed by atoms with E-state index in [9.17, 15) is 4.79 Å². The van der Waals surface area contributed by atoms with Gasteiger partial charge in [0.05, 0.1) is 19.8 Å². The molecule has 9 heteroatoms. The number of benzene rings is 2. The van der Waals surface area contributed by atoms with Crippen molar-refractivity contribution in [1.29, 1.82) is 0 Å². The Morgan fingerprint density at radius 1 is 1.03 bits per heavy atom. The standard InChI is InChI=1S/C26H25N5O4/c1-15-10-12-20(35-15)23-22(25(32)28-18-8-6-5-7-9-18)16(2)27-26-29-24(30-31(23)26)17-11-13-19(33-3)21(14-17)34-4/h5-14,23H,1-4H3,(H,28,32)(H,27,29,30). The summed E-state index contributed by atoms with van der Waals surface area (Å²) in [6.07, 6.45) is 0. The predicted molar refractivity (Wildman–Crippen MR) is 132 cm³/mol. The average molecular weight is 472 g/mol. The molecule has 2 aromatic heterocycles. The molecule has 0 aliphatic carbocycles. The largest absolute Gasteiger partial charge is 0.493 e. The normalized spacial score (nSPS) is 14.8. The number of aromatic nitrogens is 3. The number of aryl methyl sites for hydroxylation is 1. The molecule has 0 bridgehead atoms. The second-order valence-electron chi connectivity index (χ2n) is 8.11. The maximum atomic E-state index is 13.5. The number of rotatable bonds is 6. The Kier molecular flexibility index (Phi) is 5.74. The van der Waals surface area contributed by atoms with Crippen LogP contribution in [0.1, 0.15) is 24.5 Å². The van der Waals surface area contributed by atoms with Crippen LogP contribution in [0.15, 0.2) is 76.4 Å². The summed E-state index contributed by atoms with van der Waals surface area (Å²) in [7, 11) is 3.16. The van der Waals surface area contributed by atoms with E-state index >= 15 is 0 Å². The fraction of sp³-hybridized carbons (Fsp3) is 0.192. The maximum Gasteiger partial charge on any atom is 0.256 e. The molecule has 1 aliphatic rings. The number of hydrogen-bond acceptors (Lipinski definition) is 7. The minimum atomic E-state index is -0.606. The summed E-state index contributed by atoms with van der Waals surface area (Å²) >= 11 is 0. The minimum absolute atomic E-state index is 0.255. The molecule has 1 atom stereocenters. The molecule has 0 saturated heterocycles. The van der Waals surface area contributed by atoms with E-state index in [4.69, 9.17) is 24.0 Å². The number of anilines is 2. The van der Waals surface area contributed by atoms with Crippen molar-refractivity contribution in [2.24, 2.45) is 0 Å². The molecule has 9 nitrogen and oxygen atoms in total. The molecule has 1 amide bonds. The molecule has 178 valence electrons. The smallest absolute Gasteiger partial charge is 0.256 e. The van der Waals surface area contributed by atoms with Crippen LogP contribution in [0.5, 0.6) is 11.5 Å². The van der Waals surface area contributed by atoms with Crippen LogP contribution >= 0.6 is 0 Å². The fourth-order valence-electron chi connectivity index (χ4n) is 4.13. The van der Waals surface area contributed by atoms with Crippen molar-refractivity contribution in [2.45, 2.75) is 19.9 Å². The van der Waals surface area contributed by atoms with Gasteiger partial charge in [0.15, 0.2) is 17.3 Å². The number of furan rings is 1. The van der Waals surface area contributed by atoms with E-state index in [2.05, 4.69) is 10.6 Å². The molecule has 0 fully saturated rings. The molecule has 3 heterocycles. The van der Waals surface area contributed by atoms with Crippen LogP contribution in [-0.4, -0.2) is 34.9 Å². The first-order chi connectivity index (χ1) is 17.0. The van der Waals surface area contributed by atoms with Gasteiger partial charge in [0.2, 0.25) is 5.95 Å². The second kappa shape index (κ2) is 9.02. The van der Waals surface area contributed by atoms with Crippen molar-refractivity contribution in [1.82, 2.24) is 14.8 Å². The van der Waals surface area contributed by atoms with Gasteiger partial charge in [0, 0.05) is 16.9 Å². The lowest BCUT2D eigenvalue weighted by molar-refractivity contribution is -0.113. The number of methoxy groups -OCH3 is 2. The molecule has 5 rings (SSSR count). The van der Waals surface area contributed by atoms with Gasteiger partial charge in [0.25, 0.3) is 5.91 Å². The first-order valence-electron chi connectivity index (χ1n) is 11.1. The van der Waals surface area contributed by atoms with Crippen LogP contribution in [0.2, 0.25) is 0 Å². The van der Waals surface area contributed by atoms with E-state index in [-0.39, 0.29) is 5.91 Å². The van der Waals surface area contributed by atoms with E-state index in [0.29, 0.717) is 46.0 Å². The van der Waals surface area contributed by atoms with E-state index in [1.54, 1.807) is 25.0 Å². The number of ether oxygens (including phenoxy) is 2. The average Bonchev–Trinajstić information content (AvgIpc) is 3.49. The van der Waals surface area contributed by atoms with Gasteiger partial charge in [-0.3, -0.25) is 4.79 Å². The summed E-state index contributed by atoms with van der Waals surface area (Å²) in [5.74, 6) is 3.23. The van der Waals surface area contributed by atoms with Gasteiger partial charge in [0.1, 0.15) is 17.6 Å². The monoisotopic (exact) mass is 471 g/mol. The molecule has 0 saturated carbocycles. The zero-order valence-electron chi connectivity index (χ0n) is 19.8. The number of amides is 1. The van der Waals surface area contributed by atoms with Gasteiger partial charge in [-0.2, -0.15) is 4.98 Å². The molecule has 1 unspecified atom stereocenters. The van der Waals surface area contributed by atoms with E-state index in [1.807, 2.05) is 68.4 Å². The predicted octanol–water partition coefficient (Wildman–Crippen LogP) is 4.79. The van der Waals surface area contributed by atoms with Gasteiger partial charge in [-0.15, -0.1) is 5.10 Å². The van der Waals surface area contributed by atoms with Gasteiger partial charge >= 0.3 is 0 Å². The summed E-state index contributed by atoms with van der Waals surface area (Å²) in [6, 6.07) is 17.9. The van der Waals surface area contributed by atoms with Gasteiger partial charge in [-0.05, 0) is 56.3 Å². The van der Waals surface area contributed by atoms with E-state index in [1.165, 1.54) is 0 Å². The van der Waals surface area contributed by atoms with Crippen molar-refractivity contribution in [3.05, 3.63) is 83.5 Å². The lowest BCUT2D eigenvalue weighted by atomic mass is 10.00. The Labute approximate surface area is 202 Å². The number of hydrogen-bond donors (Lipinski definition) is 2. The van der Waals surface area contributed by atoms with Crippen molar-refractivity contribution in [2.75, 3.05) is 24.9 Å². The molecule has 0 spiro atoms. The number of carbonyl (C=O) groups is 1. The highest BCUT2D eigenvalue weighted by Gasteiger charge is 2.36. The summed E-state index contributed by atoms with van der Waals surface area (Å²) in [5.41, 5.74) is 2.59. The summed E-state index contributed by atoms with van der Waals surface area (Å²) in [4.78, 5) is 18.2. The van der Waals surface area contributed by atoms with E-state index < -0.39 is 6.04 Å². The third-order valence-corrected chi connectivity index (χ3v) is 5.80. The zero-order valence-corrected chi connectivity index (χ0v) is 19.8. The van der Waals surface area contributed by atoms with Crippen LogP contribution in [-0.2, 0) is 4.79 Å². The van der Waals surface area contributed by atoms with Crippen LogP contribution in [0, 0.1) is 6.92 Å². The Bertz CT molecular complexity index is 1420. The summed E-state index contributed by atoms with van der Waals surface area (Å²) < 4.78 is 18.4. The molecular formula is C26H25N5O4. The highest BCUT2D eigenvalue weighted by atomic mass is 16.5. The topological polar surface area (TPSA) is 103 Å². The van der Waals surface area contributed by atoms with Crippen molar-refractivity contribution in [3.63, 3.8) is 0 Å². The first kappa shape index (κ1) is 22.3. The lowest BCUT2D eigenvalue weighted by Gasteiger charge is -2.27. The third kappa shape index (κ3) is 4.12. The quantitative estimate of drug-likeness (QED) is 0.417. The first-order valence-corrected chi connectivity index (χ1v) is 11.1. The molecule has 35 heavy (non-hydrogen) atoms. The Hall–Kier alpha value is -4.53. The highest BCUT2D eigenvalue weighted by molar-refractivity contribution is 6.05. The summed E-state index contributed by atoms with van der Waals surface area (Å²) in [5, 5.41) is 11.0. The number of nitrogens with zero attached hydrogens (tertiary/aromatic N) is 3. The number of carbonyl (C=O) groups excluding carboxylic acids is 1. The van der Waals surface area contributed by atoms with Crippen molar-refractivity contribution < 1.29 is 18.7 Å². The number of allylic oxidation sites excluding steroid dienone is 1. The molecular weight excluding hydrogens is 446 g/mol. The van der Waals surface area contributed by atoms with Crippen LogP contribution in [0.3, 0.4) is 0 Å². The zero-order chi connectivity index (χ0) is 24.5. The molecule has 2 aromatic carbocycles. The van der Waals surface area contributed by atoms with Crippen molar-refractivity contribution in [3.8, 4) is 22.9 Å². The summed E-state index contributed by atoms with van der Waals surface area (Å²) in [6.45, 7) is 3.71. The van der Waals surface area contributed by atoms with Gasteiger partial charge in [-0.1, -0.05) is 18.2 Å². The van der Waals surface area contributed by atoms with Gasteiger partial charge in [-0.25, -0.2) is 4.68 Å². The minimum Gasteiger partial charge on any atom is -0.493 e. The molecule has 4 aromatic rings. The molecule has 2 N–H and O–H groups in total.